The molecule has 0 atom stereocenters. The largest absolute Gasteiger partial charge is 0.368 e. The van der Waals surface area contributed by atoms with Crippen LogP contribution >= 0.6 is 0 Å². The fraction of sp³-hybridized carbons (Fsp3) is 0.562. The summed E-state index contributed by atoms with van der Waals surface area (Å²) in [6, 6.07) is 8.40. The van der Waals surface area contributed by atoms with E-state index in [0.29, 0.717) is 6.42 Å². The first kappa shape index (κ1) is 14.9. The van der Waals surface area contributed by atoms with Crippen molar-refractivity contribution in [1.29, 1.82) is 0 Å². The Morgan fingerprint density at radius 1 is 1.20 bits per heavy atom. The van der Waals surface area contributed by atoms with Crippen LogP contribution in [0.1, 0.15) is 25.8 Å². The molecule has 2 rings (SSSR count). The van der Waals surface area contributed by atoms with Gasteiger partial charge in [0.2, 0.25) is 5.91 Å². The van der Waals surface area contributed by atoms with Gasteiger partial charge >= 0.3 is 0 Å². The fourth-order valence-electron chi connectivity index (χ4n) is 2.62. The van der Waals surface area contributed by atoms with Crippen LogP contribution in [0.3, 0.4) is 0 Å². The Labute approximate surface area is 121 Å². The first-order valence-electron chi connectivity index (χ1n) is 7.24. The van der Waals surface area contributed by atoms with E-state index in [9.17, 15) is 4.79 Å². The zero-order valence-electron chi connectivity index (χ0n) is 12.7. The molecule has 0 bridgehead atoms. The molecule has 0 unspecified atom stereocenters. The third-order valence-electron chi connectivity index (χ3n) is 3.70. The zero-order chi connectivity index (χ0) is 14.8. The highest BCUT2D eigenvalue weighted by Gasteiger charge is 2.25. The zero-order valence-corrected chi connectivity index (χ0v) is 12.7. The predicted molar refractivity (Wildman–Crippen MR) is 82.9 cm³/mol. The van der Waals surface area contributed by atoms with Gasteiger partial charge in [0.25, 0.3) is 0 Å². The van der Waals surface area contributed by atoms with Crippen molar-refractivity contribution in [1.82, 2.24) is 4.90 Å². The lowest BCUT2D eigenvalue weighted by Gasteiger charge is -2.37. The Morgan fingerprint density at radius 3 is 2.35 bits per heavy atom. The van der Waals surface area contributed by atoms with Gasteiger partial charge < -0.3 is 15.5 Å². The number of nitrogens with two attached hydrogens (primary N) is 1. The smallest absolute Gasteiger partial charge is 0.224 e. The standard InChI is InChI=1S/C16H25N3O/c1-13-6-4-5-7-14(13)18-8-10-19(11-9-18)15(20)12-16(2,3)17/h4-7H,8-12,17H2,1-3H3. The lowest BCUT2D eigenvalue weighted by Crippen LogP contribution is -2.51. The molecule has 1 saturated heterocycles. The number of amides is 1. The molecule has 2 N–H and O–H groups in total. The first-order chi connectivity index (χ1) is 9.37. The Hall–Kier alpha value is -1.55. The molecular formula is C16H25N3O. The molecule has 1 aromatic carbocycles. The second-order valence-corrected chi connectivity index (χ2v) is 6.32. The highest BCUT2D eigenvalue weighted by atomic mass is 16.2. The predicted octanol–water partition coefficient (Wildman–Crippen LogP) is 1.77. The molecule has 1 amide bonds. The van der Waals surface area contributed by atoms with Crippen molar-refractivity contribution in [3.63, 3.8) is 0 Å². The van der Waals surface area contributed by atoms with E-state index in [1.807, 2.05) is 18.7 Å². The van der Waals surface area contributed by atoms with Crippen LogP contribution in [0, 0.1) is 6.92 Å². The number of nitrogens with zero attached hydrogens (tertiary/aromatic N) is 2. The molecule has 1 aromatic rings. The molecule has 0 spiro atoms. The number of anilines is 1. The summed E-state index contributed by atoms with van der Waals surface area (Å²) in [6.07, 6.45) is 0.414. The maximum atomic E-state index is 12.2. The number of carbonyl (C=O) groups excluding carboxylic acids is 1. The molecule has 20 heavy (non-hydrogen) atoms. The van der Waals surface area contributed by atoms with Crippen LogP contribution in [0.15, 0.2) is 24.3 Å². The molecule has 1 fully saturated rings. The van der Waals surface area contributed by atoms with Gasteiger partial charge in [0.05, 0.1) is 0 Å². The van der Waals surface area contributed by atoms with E-state index >= 15 is 0 Å². The molecule has 1 aliphatic rings. The van der Waals surface area contributed by atoms with E-state index in [4.69, 9.17) is 5.73 Å². The Kier molecular flexibility index (Phi) is 4.33. The maximum absolute atomic E-state index is 12.2. The highest BCUT2D eigenvalue weighted by molar-refractivity contribution is 5.77. The monoisotopic (exact) mass is 275 g/mol. The van der Waals surface area contributed by atoms with Gasteiger partial charge in [-0.1, -0.05) is 18.2 Å². The van der Waals surface area contributed by atoms with Crippen molar-refractivity contribution in [2.75, 3.05) is 31.1 Å². The summed E-state index contributed by atoms with van der Waals surface area (Å²) < 4.78 is 0. The van der Waals surface area contributed by atoms with Gasteiger partial charge in [0, 0.05) is 43.8 Å². The number of piperazine rings is 1. The molecule has 1 heterocycles. The van der Waals surface area contributed by atoms with Gasteiger partial charge in [-0.05, 0) is 32.4 Å². The van der Waals surface area contributed by atoms with Crippen molar-refractivity contribution < 1.29 is 4.79 Å². The Morgan fingerprint density at radius 2 is 1.80 bits per heavy atom. The van der Waals surface area contributed by atoms with Crippen LogP contribution in [0.25, 0.3) is 0 Å². The van der Waals surface area contributed by atoms with E-state index in [1.54, 1.807) is 0 Å². The van der Waals surface area contributed by atoms with Gasteiger partial charge in [0.15, 0.2) is 0 Å². The van der Waals surface area contributed by atoms with Gasteiger partial charge in [-0.25, -0.2) is 0 Å². The van der Waals surface area contributed by atoms with Crippen LogP contribution in [-0.2, 0) is 4.79 Å². The third-order valence-corrected chi connectivity index (χ3v) is 3.70. The summed E-state index contributed by atoms with van der Waals surface area (Å²) in [5.74, 6) is 0.168. The summed E-state index contributed by atoms with van der Waals surface area (Å²) in [6.45, 7) is 9.27. The van der Waals surface area contributed by atoms with E-state index in [2.05, 4.69) is 36.1 Å². The van der Waals surface area contributed by atoms with Gasteiger partial charge in [-0.2, -0.15) is 0 Å². The summed E-state index contributed by atoms with van der Waals surface area (Å²) in [5, 5.41) is 0. The topological polar surface area (TPSA) is 49.6 Å². The molecule has 4 nitrogen and oxygen atoms in total. The Balaban J connectivity index is 1.93. The molecule has 0 saturated carbocycles. The molecule has 4 heteroatoms. The lowest BCUT2D eigenvalue weighted by atomic mass is 10.0. The van der Waals surface area contributed by atoms with Gasteiger partial charge in [0.1, 0.15) is 0 Å². The second-order valence-electron chi connectivity index (χ2n) is 6.32. The number of rotatable bonds is 3. The molecule has 0 aliphatic carbocycles. The van der Waals surface area contributed by atoms with Gasteiger partial charge in [-0.3, -0.25) is 4.79 Å². The summed E-state index contributed by atoms with van der Waals surface area (Å²) in [7, 11) is 0. The van der Waals surface area contributed by atoms with Gasteiger partial charge in [-0.15, -0.1) is 0 Å². The third kappa shape index (κ3) is 3.73. The quantitative estimate of drug-likeness (QED) is 0.914. The lowest BCUT2D eigenvalue weighted by molar-refractivity contribution is -0.132. The van der Waals surface area contributed by atoms with E-state index in [0.717, 1.165) is 26.2 Å². The number of hydrogen-bond acceptors (Lipinski definition) is 3. The van der Waals surface area contributed by atoms with E-state index < -0.39 is 5.54 Å². The van der Waals surface area contributed by atoms with Crippen molar-refractivity contribution in [2.24, 2.45) is 5.73 Å². The first-order valence-corrected chi connectivity index (χ1v) is 7.24. The summed E-state index contributed by atoms with van der Waals surface area (Å²) in [4.78, 5) is 16.4. The molecule has 0 aromatic heterocycles. The number of carbonyl (C=O) groups is 1. The average Bonchev–Trinajstić information content (AvgIpc) is 2.37. The van der Waals surface area contributed by atoms with Crippen molar-refractivity contribution >= 4 is 11.6 Å². The minimum atomic E-state index is -0.426. The molecule has 0 radical (unpaired) electrons. The number of hydrogen-bond donors (Lipinski definition) is 1. The number of aryl methyl sites for hydroxylation is 1. The fourth-order valence-corrected chi connectivity index (χ4v) is 2.62. The number of para-hydroxylation sites is 1. The summed E-state index contributed by atoms with van der Waals surface area (Å²) in [5.41, 5.74) is 8.06. The minimum absolute atomic E-state index is 0.168. The van der Waals surface area contributed by atoms with E-state index in [-0.39, 0.29) is 5.91 Å². The van der Waals surface area contributed by atoms with Crippen molar-refractivity contribution in [3.05, 3.63) is 29.8 Å². The van der Waals surface area contributed by atoms with Crippen LogP contribution in [0.4, 0.5) is 5.69 Å². The van der Waals surface area contributed by atoms with Crippen LogP contribution in [0.2, 0.25) is 0 Å². The van der Waals surface area contributed by atoms with Crippen LogP contribution in [-0.4, -0.2) is 42.5 Å². The normalized spacial score (nSPS) is 16.4. The molecule has 110 valence electrons. The number of benzene rings is 1. The molecular weight excluding hydrogens is 250 g/mol. The Bertz CT molecular complexity index is 471. The SMILES string of the molecule is Cc1ccccc1N1CCN(C(=O)CC(C)(C)N)CC1. The average molecular weight is 275 g/mol. The van der Waals surface area contributed by atoms with Crippen LogP contribution < -0.4 is 10.6 Å². The molecule has 1 aliphatic heterocycles. The van der Waals surface area contributed by atoms with Crippen LogP contribution in [0.5, 0.6) is 0 Å². The van der Waals surface area contributed by atoms with Crippen molar-refractivity contribution in [3.8, 4) is 0 Å². The van der Waals surface area contributed by atoms with Crippen molar-refractivity contribution in [2.45, 2.75) is 32.7 Å². The minimum Gasteiger partial charge on any atom is -0.368 e. The van der Waals surface area contributed by atoms with E-state index in [1.165, 1.54) is 11.3 Å². The summed E-state index contributed by atoms with van der Waals surface area (Å²) >= 11 is 0. The second kappa shape index (κ2) is 5.83. The highest BCUT2D eigenvalue weighted by Crippen LogP contribution is 2.21. The maximum Gasteiger partial charge on any atom is 0.224 e.